The standard InChI is InChI=1S/C14H19NO4S/c1-20(17)10-11-5-4-6-12(9-11)14(16)15-19-13-7-2-3-8-18-13/h4-6,9,13H,2-3,7-8,10H2,1H3,(H,15,16)/t13-,20+/m1/s1. The van der Waals surface area contributed by atoms with Gasteiger partial charge in [0.15, 0.2) is 6.29 Å². The summed E-state index contributed by atoms with van der Waals surface area (Å²) in [5, 5.41) is 0. The molecular formula is C14H19NO4S. The second-order valence-electron chi connectivity index (χ2n) is 4.76. The van der Waals surface area contributed by atoms with E-state index >= 15 is 0 Å². The van der Waals surface area contributed by atoms with Crippen LogP contribution in [0.5, 0.6) is 0 Å². The lowest BCUT2D eigenvalue weighted by Crippen LogP contribution is -2.33. The molecule has 6 heteroatoms. The molecule has 0 spiro atoms. The zero-order valence-electron chi connectivity index (χ0n) is 11.5. The van der Waals surface area contributed by atoms with Gasteiger partial charge in [0.05, 0.1) is 0 Å². The highest BCUT2D eigenvalue weighted by Crippen LogP contribution is 2.13. The number of hydrogen-bond donors (Lipinski definition) is 1. The summed E-state index contributed by atoms with van der Waals surface area (Å²) in [5.74, 6) is 0.121. The Morgan fingerprint density at radius 3 is 3.05 bits per heavy atom. The fourth-order valence-electron chi connectivity index (χ4n) is 2.02. The number of nitrogens with one attached hydrogen (secondary N) is 1. The van der Waals surface area contributed by atoms with Gasteiger partial charge in [-0.2, -0.15) is 0 Å². The lowest BCUT2D eigenvalue weighted by molar-refractivity contribution is -0.186. The zero-order chi connectivity index (χ0) is 14.4. The number of benzene rings is 1. The normalized spacial score (nSPS) is 20.4. The van der Waals surface area contributed by atoms with Gasteiger partial charge in [-0.3, -0.25) is 9.00 Å². The van der Waals surface area contributed by atoms with Crippen molar-refractivity contribution in [1.29, 1.82) is 0 Å². The van der Waals surface area contributed by atoms with Crippen LogP contribution in [-0.2, 0) is 26.1 Å². The Labute approximate surface area is 121 Å². The summed E-state index contributed by atoms with van der Waals surface area (Å²) >= 11 is 0. The molecule has 0 saturated carbocycles. The second kappa shape index (κ2) is 7.52. The molecule has 1 aromatic carbocycles. The number of hydrogen-bond acceptors (Lipinski definition) is 4. The van der Waals surface area contributed by atoms with Crippen molar-refractivity contribution in [3.05, 3.63) is 35.4 Å². The van der Waals surface area contributed by atoms with E-state index < -0.39 is 10.8 Å². The maximum atomic E-state index is 12.0. The van der Waals surface area contributed by atoms with E-state index in [9.17, 15) is 9.00 Å². The molecule has 2 rings (SSSR count). The molecule has 1 N–H and O–H groups in total. The van der Waals surface area contributed by atoms with Gasteiger partial charge in [0, 0.05) is 41.4 Å². The molecular weight excluding hydrogens is 278 g/mol. The van der Waals surface area contributed by atoms with E-state index in [0.717, 1.165) is 24.8 Å². The summed E-state index contributed by atoms with van der Waals surface area (Å²) in [6.45, 7) is 0.665. The maximum Gasteiger partial charge on any atom is 0.274 e. The van der Waals surface area contributed by atoms with Gasteiger partial charge in [-0.1, -0.05) is 12.1 Å². The molecule has 1 amide bonds. The van der Waals surface area contributed by atoms with Crippen LogP contribution in [0.2, 0.25) is 0 Å². The van der Waals surface area contributed by atoms with Crippen molar-refractivity contribution in [3.63, 3.8) is 0 Å². The molecule has 0 aromatic heterocycles. The Morgan fingerprint density at radius 1 is 1.50 bits per heavy atom. The Bertz CT molecular complexity index is 486. The first kappa shape index (κ1) is 15.2. The molecule has 1 aliphatic heterocycles. The molecule has 1 saturated heterocycles. The molecule has 20 heavy (non-hydrogen) atoms. The lowest BCUT2D eigenvalue weighted by atomic mass is 10.1. The van der Waals surface area contributed by atoms with Gasteiger partial charge in [-0.05, 0) is 30.5 Å². The van der Waals surface area contributed by atoms with Crippen LogP contribution >= 0.6 is 0 Å². The average Bonchev–Trinajstić information content (AvgIpc) is 2.45. The van der Waals surface area contributed by atoms with E-state index in [2.05, 4.69) is 5.48 Å². The van der Waals surface area contributed by atoms with Crippen molar-refractivity contribution in [2.75, 3.05) is 12.9 Å². The highest BCUT2D eigenvalue weighted by molar-refractivity contribution is 7.83. The van der Waals surface area contributed by atoms with Crippen molar-refractivity contribution in [2.24, 2.45) is 0 Å². The quantitative estimate of drug-likeness (QED) is 0.841. The number of ether oxygens (including phenoxy) is 1. The van der Waals surface area contributed by atoms with E-state index in [4.69, 9.17) is 9.57 Å². The van der Waals surface area contributed by atoms with Crippen molar-refractivity contribution >= 4 is 16.7 Å². The van der Waals surface area contributed by atoms with E-state index in [1.807, 2.05) is 6.07 Å². The van der Waals surface area contributed by atoms with Crippen molar-refractivity contribution < 1.29 is 18.6 Å². The SMILES string of the molecule is C[S@](=O)Cc1cccc(C(=O)NO[C@@H]2CCCCO2)c1. The largest absolute Gasteiger partial charge is 0.350 e. The molecule has 110 valence electrons. The van der Waals surface area contributed by atoms with Gasteiger partial charge >= 0.3 is 0 Å². The first-order chi connectivity index (χ1) is 9.65. The number of rotatable bonds is 5. The molecule has 5 nitrogen and oxygen atoms in total. The van der Waals surface area contributed by atoms with E-state index in [0.29, 0.717) is 17.9 Å². The van der Waals surface area contributed by atoms with Gasteiger partial charge in [0.1, 0.15) is 0 Å². The van der Waals surface area contributed by atoms with Crippen molar-refractivity contribution in [1.82, 2.24) is 5.48 Å². The van der Waals surface area contributed by atoms with Gasteiger partial charge in [0.25, 0.3) is 5.91 Å². The highest BCUT2D eigenvalue weighted by atomic mass is 32.2. The smallest absolute Gasteiger partial charge is 0.274 e. The molecule has 1 heterocycles. The molecule has 0 unspecified atom stereocenters. The van der Waals surface area contributed by atoms with Gasteiger partial charge in [-0.25, -0.2) is 10.3 Å². The monoisotopic (exact) mass is 297 g/mol. The Hall–Kier alpha value is -1.24. The fourth-order valence-corrected chi connectivity index (χ4v) is 2.67. The molecule has 0 bridgehead atoms. The molecule has 1 fully saturated rings. The Balaban J connectivity index is 1.89. The first-order valence-corrected chi connectivity index (χ1v) is 8.34. The second-order valence-corrected chi connectivity index (χ2v) is 6.20. The topological polar surface area (TPSA) is 64.6 Å². The minimum Gasteiger partial charge on any atom is -0.350 e. The summed E-state index contributed by atoms with van der Waals surface area (Å²) < 4.78 is 16.6. The number of carbonyl (C=O) groups is 1. The fraction of sp³-hybridized carbons (Fsp3) is 0.500. The Kier molecular flexibility index (Phi) is 5.70. The van der Waals surface area contributed by atoms with Crippen LogP contribution in [0.15, 0.2) is 24.3 Å². The molecule has 1 aromatic rings. The number of hydroxylamine groups is 1. The number of amides is 1. The number of carbonyl (C=O) groups excluding carboxylic acids is 1. The third kappa shape index (κ3) is 4.70. The third-order valence-corrected chi connectivity index (χ3v) is 3.72. The average molecular weight is 297 g/mol. The summed E-state index contributed by atoms with van der Waals surface area (Å²) in [6, 6.07) is 7.04. The molecule has 0 aliphatic carbocycles. The van der Waals surface area contributed by atoms with E-state index in [1.165, 1.54) is 0 Å². The van der Waals surface area contributed by atoms with E-state index in [1.54, 1.807) is 24.5 Å². The first-order valence-electron chi connectivity index (χ1n) is 6.62. The molecule has 2 atom stereocenters. The van der Waals surface area contributed by atoms with Gasteiger partial charge in [-0.15, -0.1) is 0 Å². The summed E-state index contributed by atoms with van der Waals surface area (Å²) in [5.41, 5.74) is 3.77. The minimum atomic E-state index is -0.929. The summed E-state index contributed by atoms with van der Waals surface area (Å²) in [4.78, 5) is 17.2. The van der Waals surface area contributed by atoms with Gasteiger partial charge < -0.3 is 4.74 Å². The summed E-state index contributed by atoms with van der Waals surface area (Å²) in [7, 11) is -0.929. The highest BCUT2D eigenvalue weighted by Gasteiger charge is 2.16. The van der Waals surface area contributed by atoms with Crippen LogP contribution in [0.25, 0.3) is 0 Å². The predicted molar refractivity (Wildman–Crippen MR) is 76.4 cm³/mol. The van der Waals surface area contributed by atoms with Crippen LogP contribution in [0, 0.1) is 0 Å². The van der Waals surface area contributed by atoms with Crippen molar-refractivity contribution in [2.45, 2.75) is 31.3 Å². The summed E-state index contributed by atoms with van der Waals surface area (Å²) in [6.07, 6.45) is 4.13. The third-order valence-electron chi connectivity index (χ3n) is 2.98. The minimum absolute atomic E-state index is 0.317. The maximum absolute atomic E-state index is 12.0. The predicted octanol–water partition coefficient (Wildman–Crippen LogP) is 1.75. The van der Waals surface area contributed by atoms with Crippen LogP contribution in [0.1, 0.15) is 35.2 Å². The van der Waals surface area contributed by atoms with Gasteiger partial charge in [0.2, 0.25) is 0 Å². The van der Waals surface area contributed by atoms with Crippen LogP contribution < -0.4 is 5.48 Å². The Morgan fingerprint density at radius 2 is 2.35 bits per heavy atom. The molecule has 0 radical (unpaired) electrons. The molecule has 1 aliphatic rings. The lowest BCUT2D eigenvalue weighted by Gasteiger charge is -2.22. The van der Waals surface area contributed by atoms with Crippen LogP contribution in [0.3, 0.4) is 0 Å². The van der Waals surface area contributed by atoms with Crippen LogP contribution in [-0.4, -0.2) is 29.3 Å². The zero-order valence-corrected chi connectivity index (χ0v) is 12.3. The van der Waals surface area contributed by atoms with Crippen molar-refractivity contribution in [3.8, 4) is 0 Å². The van der Waals surface area contributed by atoms with Crippen LogP contribution in [0.4, 0.5) is 0 Å². The van der Waals surface area contributed by atoms with E-state index in [-0.39, 0.29) is 12.2 Å².